The molecule has 0 bridgehead atoms. The van der Waals surface area contributed by atoms with Crippen LogP contribution in [0.2, 0.25) is 0 Å². The third-order valence-corrected chi connectivity index (χ3v) is 1.11. The van der Waals surface area contributed by atoms with Gasteiger partial charge in [-0.15, -0.1) is 11.6 Å². The summed E-state index contributed by atoms with van der Waals surface area (Å²) in [5.74, 6) is 0.384. The molecule has 0 aliphatic heterocycles. The molecule has 0 saturated carbocycles. The Hall–Kier alpha value is -0.830. The highest BCUT2D eigenvalue weighted by Crippen LogP contribution is 1.96. The average Bonchev–Trinajstić information content (AvgIpc) is 2.31. The molecule has 10 heavy (non-hydrogen) atoms. The van der Waals surface area contributed by atoms with Gasteiger partial charge < -0.3 is 4.98 Å². The van der Waals surface area contributed by atoms with Crippen LogP contribution in [0.1, 0.15) is 5.82 Å². The van der Waals surface area contributed by atoms with Crippen LogP contribution in [-0.4, -0.2) is 15.8 Å². The van der Waals surface area contributed by atoms with E-state index in [-0.39, 0.29) is 0 Å². The molecule has 0 aliphatic carbocycles. The number of allylic oxidation sites excluding steroid dienone is 1. The van der Waals surface area contributed by atoms with Crippen LogP contribution in [0.25, 0.3) is 6.08 Å². The predicted molar refractivity (Wildman–Crippen MR) is 38.3 cm³/mol. The molecule has 0 unspecified atom stereocenters. The minimum atomic E-state index is -0.505. The number of nitrogens with one attached hydrogen (secondary N) is 1. The van der Waals surface area contributed by atoms with Gasteiger partial charge in [-0.2, -0.15) is 4.39 Å². The standard InChI is InChI=1S/C6H6ClFN2/c7-3-1-2-6-9-4-5(8)10-6/h1-2,4H,3H2,(H,9,10)/b2-1-. The van der Waals surface area contributed by atoms with Crippen molar-refractivity contribution in [3.63, 3.8) is 0 Å². The van der Waals surface area contributed by atoms with Crippen molar-refractivity contribution < 1.29 is 4.39 Å². The zero-order chi connectivity index (χ0) is 7.40. The third kappa shape index (κ3) is 1.84. The maximum Gasteiger partial charge on any atom is 0.231 e. The number of nitrogens with zero attached hydrogens (tertiary/aromatic N) is 1. The number of rotatable bonds is 2. The highest BCUT2D eigenvalue weighted by atomic mass is 35.5. The van der Waals surface area contributed by atoms with E-state index >= 15 is 0 Å². The second kappa shape index (κ2) is 3.37. The summed E-state index contributed by atoms with van der Waals surface area (Å²) in [5.41, 5.74) is 0. The van der Waals surface area contributed by atoms with E-state index in [0.29, 0.717) is 11.7 Å². The second-order valence-electron chi connectivity index (χ2n) is 1.67. The Balaban J connectivity index is 2.67. The van der Waals surface area contributed by atoms with E-state index < -0.39 is 5.95 Å². The fourth-order valence-corrected chi connectivity index (χ4v) is 0.644. The minimum absolute atomic E-state index is 0.405. The van der Waals surface area contributed by atoms with Gasteiger partial charge >= 0.3 is 0 Å². The summed E-state index contributed by atoms with van der Waals surface area (Å²) < 4.78 is 12.1. The van der Waals surface area contributed by atoms with Gasteiger partial charge in [0.25, 0.3) is 0 Å². The lowest BCUT2D eigenvalue weighted by Gasteiger charge is -1.78. The van der Waals surface area contributed by atoms with Gasteiger partial charge in [-0.25, -0.2) is 4.98 Å². The van der Waals surface area contributed by atoms with E-state index in [4.69, 9.17) is 11.6 Å². The van der Waals surface area contributed by atoms with Gasteiger partial charge in [0.15, 0.2) is 0 Å². The van der Waals surface area contributed by atoms with Crippen LogP contribution in [0.15, 0.2) is 12.3 Å². The Bertz CT molecular complexity index is 231. The molecule has 1 heterocycles. The quantitative estimate of drug-likeness (QED) is 0.657. The molecule has 1 N–H and O–H groups in total. The largest absolute Gasteiger partial charge is 0.342 e. The van der Waals surface area contributed by atoms with Gasteiger partial charge in [-0.1, -0.05) is 6.08 Å². The zero-order valence-electron chi connectivity index (χ0n) is 5.14. The van der Waals surface area contributed by atoms with E-state index in [2.05, 4.69) is 9.97 Å². The van der Waals surface area contributed by atoms with Crippen LogP contribution in [-0.2, 0) is 0 Å². The molecule has 0 atom stereocenters. The molecule has 0 fully saturated rings. The molecule has 0 amide bonds. The number of alkyl halides is 1. The van der Waals surface area contributed by atoms with E-state index in [0.717, 1.165) is 0 Å². The number of imidazole rings is 1. The van der Waals surface area contributed by atoms with Gasteiger partial charge in [0.1, 0.15) is 5.82 Å². The fraction of sp³-hybridized carbons (Fsp3) is 0.167. The highest BCUT2D eigenvalue weighted by Gasteiger charge is 1.92. The molecule has 0 aromatic carbocycles. The molecule has 2 nitrogen and oxygen atoms in total. The summed E-state index contributed by atoms with van der Waals surface area (Å²) in [7, 11) is 0. The van der Waals surface area contributed by atoms with Gasteiger partial charge in [0.2, 0.25) is 5.95 Å². The fourth-order valence-electron chi connectivity index (χ4n) is 0.555. The molecular weight excluding hydrogens is 155 g/mol. The van der Waals surface area contributed by atoms with Crippen LogP contribution in [0.3, 0.4) is 0 Å². The molecule has 1 rings (SSSR count). The Morgan fingerprint density at radius 3 is 3.10 bits per heavy atom. The number of hydrogen-bond acceptors (Lipinski definition) is 1. The summed E-state index contributed by atoms with van der Waals surface area (Å²) in [4.78, 5) is 6.09. The van der Waals surface area contributed by atoms with Crippen LogP contribution in [0, 0.1) is 5.95 Å². The third-order valence-electron chi connectivity index (χ3n) is 0.931. The van der Waals surface area contributed by atoms with Crippen molar-refractivity contribution in [2.24, 2.45) is 0 Å². The van der Waals surface area contributed by atoms with E-state index in [1.807, 2.05) is 0 Å². The Morgan fingerprint density at radius 2 is 2.60 bits per heavy atom. The molecule has 0 aliphatic rings. The number of halogens is 2. The zero-order valence-corrected chi connectivity index (χ0v) is 5.90. The maximum absolute atomic E-state index is 12.1. The molecule has 4 heteroatoms. The first-order valence-electron chi connectivity index (χ1n) is 2.76. The Morgan fingerprint density at radius 1 is 1.80 bits per heavy atom. The monoisotopic (exact) mass is 160 g/mol. The number of hydrogen-bond donors (Lipinski definition) is 1. The number of H-pyrrole nitrogens is 1. The predicted octanol–water partition coefficient (Wildman–Crippen LogP) is 1.80. The van der Waals surface area contributed by atoms with Crippen LogP contribution >= 0.6 is 11.6 Å². The smallest absolute Gasteiger partial charge is 0.231 e. The second-order valence-corrected chi connectivity index (χ2v) is 1.97. The SMILES string of the molecule is Fc1c[nH]c(/C=C\CCl)n1. The molecular formula is C6H6ClFN2. The van der Waals surface area contributed by atoms with Crippen molar-refractivity contribution in [1.29, 1.82) is 0 Å². The van der Waals surface area contributed by atoms with Crippen molar-refractivity contribution in [2.75, 3.05) is 5.88 Å². The lowest BCUT2D eigenvalue weighted by atomic mass is 10.5. The lowest BCUT2D eigenvalue weighted by molar-refractivity contribution is 0.590. The first kappa shape index (κ1) is 7.28. The van der Waals surface area contributed by atoms with Crippen molar-refractivity contribution in [1.82, 2.24) is 9.97 Å². The lowest BCUT2D eigenvalue weighted by Crippen LogP contribution is -1.74. The van der Waals surface area contributed by atoms with Crippen LogP contribution < -0.4 is 0 Å². The van der Waals surface area contributed by atoms with Crippen molar-refractivity contribution in [3.8, 4) is 0 Å². The minimum Gasteiger partial charge on any atom is -0.342 e. The van der Waals surface area contributed by atoms with Gasteiger partial charge in [0, 0.05) is 5.88 Å². The summed E-state index contributed by atoms with van der Waals surface area (Å²) in [6.07, 6.45) is 4.49. The van der Waals surface area contributed by atoms with E-state index in [9.17, 15) is 4.39 Å². The van der Waals surface area contributed by atoms with E-state index in [1.165, 1.54) is 6.20 Å². The Labute approximate surface area is 62.7 Å². The first-order valence-corrected chi connectivity index (χ1v) is 3.30. The average molecular weight is 161 g/mol. The van der Waals surface area contributed by atoms with Gasteiger partial charge in [-0.3, -0.25) is 0 Å². The first-order chi connectivity index (χ1) is 4.83. The van der Waals surface area contributed by atoms with Gasteiger partial charge in [0.05, 0.1) is 6.20 Å². The maximum atomic E-state index is 12.1. The summed E-state index contributed by atoms with van der Waals surface area (Å²) in [5, 5.41) is 0. The topological polar surface area (TPSA) is 28.7 Å². The van der Waals surface area contributed by atoms with Crippen molar-refractivity contribution in [3.05, 3.63) is 24.0 Å². The Kier molecular flexibility index (Phi) is 2.45. The van der Waals surface area contributed by atoms with Crippen LogP contribution in [0.5, 0.6) is 0 Å². The molecule has 1 aromatic heterocycles. The van der Waals surface area contributed by atoms with E-state index in [1.54, 1.807) is 12.2 Å². The molecule has 1 aromatic rings. The summed E-state index contributed by atoms with van der Waals surface area (Å²) >= 11 is 5.34. The van der Waals surface area contributed by atoms with Crippen molar-refractivity contribution in [2.45, 2.75) is 0 Å². The highest BCUT2D eigenvalue weighted by molar-refractivity contribution is 6.19. The number of aromatic amines is 1. The summed E-state index contributed by atoms with van der Waals surface area (Å²) in [6, 6.07) is 0. The molecule has 0 radical (unpaired) electrons. The molecule has 0 spiro atoms. The normalized spacial score (nSPS) is 11.0. The van der Waals surface area contributed by atoms with Crippen molar-refractivity contribution >= 4 is 17.7 Å². The number of aromatic nitrogens is 2. The summed E-state index contributed by atoms with van der Waals surface area (Å²) in [6.45, 7) is 0. The van der Waals surface area contributed by atoms with Crippen LogP contribution in [0.4, 0.5) is 4.39 Å². The molecule has 0 saturated heterocycles. The molecule has 54 valence electrons. The van der Waals surface area contributed by atoms with Gasteiger partial charge in [-0.05, 0) is 6.08 Å².